The highest BCUT2D eigenvalue weighted by Crippen LogP contribution is 2.15. The smallest absolute Gasteiger partial charge is 0.286 e. The molecule has 8 nitrogen and oxygen atoms in total. The van der Waals surface area contributed by atoms with E-state index in [0.717, 1.165) is 28.6 Å². The Kier molecular flexibility index (Phi) is 6.16. The van der Waals surface area contributed by atoms with Crippen LogP contribution in [0.5, 0.6) is 0 Å². The Morgan fingerprint density at radius 3 is 2.38 bits per heavy atom. The number of sulfonamides is 1. The van der Waals surface area contributed by atoms with Crippen LogP contribution in [0.4, 0.5) is 4.39 Å². The highest BCUT2D eigenvalue weighted by atomic mass is 79.9. The molecule has 0 aliphatic carbocycles. The molecule has 0 radical (unpaired) electrons. The van der Waals surface area contributed by atoms with E-state index in [1.165, 1.54) is 7.05 Å². The van der Waals surface area contributed by atoms with Gasteiger partial charge in [0, 0.05) is 24.8 Å². The largest absolute Gasteiger partial charge is 0.345 e. The van der Waals surface area contributed by atoms with Crippen LogP contribution in [-0.2, 0) is 21.9 Å². The number of hydrogen-bond acceptors (Lipinski definition) is 4. The van der Waals surface area contributed by atoms with Crippen LogP contribution in [0.3, 0.4) is 0 Å². The molecule has 0 fully saturated rings. The Balaban J connectivity index is 1.95. The van der Waals surface area contributed by atoms with Crippen LogP contribution in [-0.4, -0.2) is 42.7 Å². The maximum atomic E-state index is 12.9. The second kappa shape index (κ2) is 7.98. The molecule has 1 aromatic carbocycles. The number of carbonyl (C=O) groups is 2. The van der Waals surface area contributed by atoms with Crippen molar-refractivity contribution < 1.29 is 22.4 Å². The van der Waals surface area contributed by atoms with Crippen LogP contribution in [0.2, 0.25) is 0 Å². The third-order valence-electron chi connectivity index (χ3n) is 3.41. The first kappa shape index (κ1) is 20.1. The molecule has 2 aromatic rings. The summed E-state index contributed by atoms with van der Waals surface area (Å²) in [5.41, 5.74) is 4.65. The van der Waals surface area contributed by atoms with Crippen LogP contribution in [0.1, 0.15) is 10.5 Å². The Hall–Kier alpha value is -2.24. The molecule has 0 aliphatic rings. The molecule has 2 rings (SSSR count). The molecular weight excluding hydrogens is 431 g/mol. The minimum absolute atomic E-state index is 0.146. The van der Waals surface area contributed by atoms with Crippen LogP contribution in [0.15, 0.2) is 45.9 Å². The van der Waals surface area contributed by atoms with E-state index in [0.29, 0.717) is 10.2 Å². The average Bonchev–Trinajstić information content (AvgIpc) is 2.91. The van der Waals surface area contributed by atoms with Gasteiger partial charge in [0.2, 0.25) is 10.0 Å². The SMILES string of the molecule is CN(CC(=O)NNC(=O)c1cc(Br)cn1C)S(=O)(=O)c1ccc(F)cc1. The van der Waals surface area contributed by atoms with Crippen molar-refractivity contribution in [1.29, 1.82) is 0 Å². The standard InChI is InChI=1S/C15H16BrFN4O4S/c1-20-8-10(16)7-13(20)15(23)19-18-14(22)9-21(2)26(24,25)12-5-3-11(17)4-6-12/h3-8H,9H2,1-2H3,(H,18,22)(H,19,23). The second-order valence-corrected chi connectivity index (χ2v) is 8.33. The van der Waals surface area contributed by atoms with Gasteiger partial charge in [-0.3, -0.25) is 20.4 Å². The maximum Gasteiger partial charge on any atom is 0.286 e. The van der Waals surface area contributed by atoms with Crippen molar-refractivity contribution in [2.24, 2.45) is 7.05 Å². The van der Waals surface area contributed by atoms with E-state index < -0.39 is 34.2 Å². The highest BCUT2D eigenvalue weighted by molar-refractivity contribution is 9.10. The number of hydrazine groups is 1. The molecule has 0 bridgehead atoms. The molecule has 0 saturated carbocycles. The second-order valence-electron chi connectivity index (χ2n) is 5.37. The molecule has 1 heterocycles. The number of carbonyl (C=O) groups excluding carboxylic acids is 2. The lowest BCUT2D eigenvalue weighted by Gasteiger charge is -2.17. The van der Waals surface area contributed by atoms with Gasteiger partial charge in [-0.25, -0.2) is 12.8 Å². The van der Waals surface area contributed by atoms with Gasteiger partial charge in [0.1, 0.15) is 11.5 Å². The summed E-state index contributed by atoms with van der Waals surface area (Å²) in [4.78, 5) is 23.7. The van der Waals surface area contributed by atoms with Gasteiger partial charge < -0.3 is 4.57 Å². The Labute approximate surface area is 158 Å². The topological polar surface area (TPSA) is 101 Å². The van der Waals surface area contributed by atoms with Crippen molar-refractivity contribution in [3.8, 4) is 0 Å². The fourth-order valence-corrected chi connectivity index (χ4v) is 3.70. The third-order valence-corrected chi connectivity index (χ3v) is 5.66. The van der Waals surface area contributed by atoms with E-state index in [4.69, 9.17) is 0 Å². The molecule has 0 unspecified atom stereocenters. The summed E-state index contributed by atoms with van der Waals surface area (Å²) in [6.07, 6.45) is 1.67. The van der Waals surface area contributed by atoms with E-state index >= 15 is 0 Å². The first-order chi connectivity index (χ1) is 12.1. The summed E-state index contributed by atoms with van der Waals surface area (Å²) in [7, 11) is -1.10. The zero-order chi connectivity index (χ0) is 19.5. The third kappa shape index (κ3) is 4.68. The van der Waals surface area contributed by atoms with Crippen LogP contribution in [0.25, 0.3) is 0 Å². The summed E-state index contributed by atoms with van der Waals surface area (Å²) in [5, 5.41) is 0. The number of hydrogen-bond donors (Lipinski definition) is 2. The average molecular weight is 447 g/mol. The zero-order valence-corrected chi connectivity index (χ0v) is 16.3. The van der Waals surface area contributed by atoms with E-state index in [-0.39, 0.29) is 4.90 Å². The predicted octanol–water partition coefficient (Wildman–Crippen LogP) is 1.01. The van der Waals surface area contributed by atoms with Crippen LogP contribution >= 0.6 is 15.9 Å². The van der Waals surface area contributed by atoms with Crippen molar-refractivity contribution in [3.63, 3.8) is 0 Å². The minimum Gasteiger partial charge on any atom is -0.345 e. The molecule has 11 heteroatoms. The fraction of sp³-hybridized carbons (Fsp3) is 0.200. The van der Waals surface area contributed by atoms with E-state index in [9.17, 15) is 22.4 Å². The van der Waals surface area contributed by atoms with Crippen molar-refractivity contribution in [3.05, 3.63) is 52.5 Å². The molecule has 1 aromatic heterocycles. The minimum atomic E-state index is -3.96. The van der Waals surface area contributed by atoms with Crippen molar-refractivity contribution in [2.45, 2.75) is 4.90 Å². The lowest BCUT2D eigenvalue weighted by molar-refractivity contribution is -0.121. The van der Waals surface area contributed by atoms with Gasteiger partial charge in [0.25, 0.3) is 11.8 Å². The highest BCUT2D eigenvalue weighted by Gasteiger charge is 2.23. The van der Waals surface area contributed by atoms with Gasteiger partial charge in [0.05, 0.1) is 11.4 Å². The number of benzene rings is 1. The number of rotatable bonds is 5. The van der Waals surface area contributed by atoms with Gasteiger partial charge in [-0.2, -0.15) is 4.31 Å². The zero-order valence-electron chi connectivity index (χ0n) is 13.9. The van der Waals surface area contributed by atoms with Gasteiger partial charge >= 0.3 is 0 Å². The normalized spacial score (nSPS) is 11.4. The van der Waals surface area contributed by atoms with Crippen molar-refractivity contribution in [1.82, 2.24) is 19.7 Å². The quantitative estimate of drug-likeness (QED) is 0.669. The lowest BCUT2D eigenvalue weighted by atomic mass is 10.4. The van der Waals surface area contributed by atoms with Gasteiger partial charge in [0.15, 0.2) is 0 Å². The van der Waals surface area contributed by atoms with Crippen molar-refractivity contribution in [2.75, 3.05) is 13.6 Å². The van der Waals surface area contributed by atoms with Crippen LogP contribution in [0, 0.1) is 5.82 Å². The molecule has 0 saturated heterocycles. The number of halogens is 2. The molecule has 2 amide bonds. The molecule has 0 spiro atoms. The van der Waals surface area contributed by atoms with Gasteiger partial charge in [-0.05, 0) is 46.3 Å². The summed E-state index contributed by atoms with van der Waals surface area (Å²) in [6.45, 7) is -0.531. The molecule has 140 valence electrons. The van der Waals surface area contributed by atoms with Crippen LogP contribution < -0.4 is 10.9 Å². The summed E-state index contributed by atoms with van der Waals surface area (Å²) in [5.74, 6) is -1.87. The Morgan fingerprint density at radius 1 is 1.23 bits per heavy atom. The number of likely N-dealkylation sites (N-methyl/N-ethyl adjacent to an activating group) is 1. The lowest BCUT2D eigenvalue weighted by Crippen LogP contribution is -2.47. The van der Waals surface area contributed by atoms with E-state index in [1.807, 2.05) is 0 Å². The fourth-order valence-electron chi connectivity index (χ4n) is 2.05. The maximum absolute atomic E-state index is 12.9. The monoisotopic (exact) mass is 446 g/mol. The summed E-state index contributed by atoms with van der Waals surface area (Å²) >= 11 is 3.23. The summed E-state index contributed by atoms with van der Waals surface area (Å²) < 4.78 is 40.6. The molecule has 0 aliphatic heterocycles. The van der Waals surface area contributed by atoms with Gasteiger partial charge in [-0.1, -0.05) is 0 Å². The number of nitrogens with one attached hydrogen (secondary N) is 2. The molecular formula is C15H16BrFN4O4S. The molecule has 26 heavy (non-hydrogen) atoms. The predicted molar refractivity (Wildman–Crippen MR) is 94.9 cm³/mol. The Bertz CT molecular complexity index is 928. The molecule has 2 N–H and O–H groups in total. The summed E-state index contributed by atoms with van der Waals surface area (Å²) in [6, 6.07) is 5.80. The number of amides is 2. The van der Waals surface area contributed by atoms with E-state index in [1.54, 1.807) is 23.9 Å². The first-order valence-electron chi connectivity index (χ1n) is 7.24. The van der Waals surface area contributed by atoms with E-state index in [2.05, 4.69) is 26.8 Å². The van der Waals surface area contributed by atoms with Gasteiger partial charge in [-0.15, -0.1) is 0 Å². The first-order valence-corrected chi connectivity index (χ1v) is 9.47. The number of aryl methyl sites for hydroxylation is 1. The molecule has 0 atom stereocenters. The number of aromatic nitrogens is 1. The van der Waals surface area contributed by atoms with Crippen molar-refractivity contribution >= 4 is 37.8 Å². The Morgan fingerprint density at radius 2 is 1.85 bits per heavy atom. The number of nitrogens with zero attached hydrogens (tertiary/aromatic N) is 2.